The van der Waals surface area contributed by atoms with Crippen LogP contribution in [0.2, 0.25) is 0 Å². The first-order valence-corrected chi connectivity index (χ1v) is 7.91. The number of methoxy groups -OCH3 is 1. The lowest BCUT2D eigenvalue weighted by Crippen LogP contribution is -2.45. The van der Waals surface area contributed by atoms with Crippen molar-refractivity contribution >= 4 is 11.7 Å². The Morgan fingerprint density at radius 1 is 1.30 bits per heavy atom. The molecule has 3 heterocycles. The van der Waals surface area contributed by atoms with Gasteiger partial charge in [0.15, 0.2) is 0 Å². The quantitative estimate of drug-likeness (QED) is 0.854. The van der Waals surface area contributed by atoms with E-state index in [9.17, 15) is 13.6 Å². The van der Waals surface area contributed by atoms with Crippen molar-refractivity contribution in [2.24, 2.45) is 5.92 Å². The molecule has 5 nitrogen and oxygen atoms in total. The number of hydrogen-bond acceptors (Lipinski definition) is 4. The van der Waals surface area contributed by atoms with Crippen LogP contribution in [0.25, 0.3) is 0 Å². The van der Waals surface area contributed by atoms with Crippen molar-refractivity contribution in [1.29, 1.82) is 0 Å². The van der Waals surface area contributed by atoms with Gasteiger partial charge in [0.25, 0.3) is 5.92 Å². The second kappa shape index (κ2) is 6.29. The Bertz CT molecular complexity index is 572. The molecule has 2 aliphatic heterocycles. The Kier molecular flexibility index (Phi) is 4.37. The summed E-state index contributed by atoms with van der Waals surface area (Å²) in [7, 11) is 1.56. The van der Waals surface area contributed by atoms with Crippen molar-refractivity contribution in [3.8, 4) is 5.88 Å². The summed E-state index contributed by atoms with van der Waals surface area (Å²) in [5.74, 6) is -1.45. The summed E-state index contributed by atoms with van der Waals surface area (Å²) >= 11 is 0. The number of hydrogen-bond donors (Lipinski definition) is 0. The summed E-state index contributed by atoms with van der Waals surface area (Å²) in [6, 6.07) is 5.52. The van der Waals surface area contributed by atoms with Gasteiger partial charge in [0.1, 0.15) is 5.82 Å². The molecule has 0 N–H and O–H groups in total. The van der Waals surface area contributed by atoms with Crippen LogP contribution < -0.4 is 9.64 Å². The van der Waals surface area contributed by atoms with Gasteiger partial charge in [-0.1, -0.05) is 6.07 Å². The third-order valence-corrected chi connectivity index (χ3v) is 4.59. The second-order valence-electron chi connectivity index (χ2n) is 6.15. The Morgan fingerprint density at radius 3 is 2.74 bits per heavy atom. The third-order valence-electron chi connectivity index (χ3n) is 4.59. The van der Waals surface area contributed by atoms with Crippen LogP contribution >= 0.6 is 0 Å². The predicted octanol–water partition coefficient (Wildman–Crippen LogP) is 2.17. The van der Waals surface area contributed by atoms with Crippen molar-refractivity contribution in [2.75, 3.05) is 38.2 Å². The Labute approximate surface area is 134 Å². The molecule has 126 valence electrons. The molecule has 3 rings (SSSR count). The zero-order valence-corrected chi connectivity index (χ0v) is 13.2. The summed E-state index contributed by atoms with van der Waals surface area (Å²) < 4.78 is 31.5. The standard InChI is InChI=1S/C16H21F2N3O2/c1-23-14-4-2-3-13(19-14)21-8-5-12(11-21)15(22)20-9-6-16(17,18)7-10-20/h2-4,12H,5-11H2,1H3. The molecule has 2 fully saturated rings. The van der Waals surface area contributed by atoms with E-state index < -0.39 is 5.92 Å². The van der Waals surface area contributed by atoms with Gasteiger partial charge >= 0.3 is 0 Å². The van der Waals surface area contributed by atoms with E-state index in [1.54, 1.807) is 18.1 Å². The van der Waals surface area contributed by atoms with E-state index in [2.05, 4.69) is 4.98 Å². The number of pyridine rings is 1. The highest BCUT2D eigenvalue weighted by atomic mass is 19.3. The largest absolute Gasteiger partial charge is 0.481 e. The van der Waals surface area contributed by atoms with Gasteiger partial charge in [-0.25, -0.2) is 8.78 Å². The second-order valence-corrected chi connectivity index (χ2v) is 6.15. The molecule has 1 aromatic rings. The normalized spacial score (nSPS) is 23.9. The number of amides is 1. The van der Waals surface area contributed by atoms with Crippen LogP contribution in [0.4, 0.5) is 14.6 Å². The molecule has 0 aromatic carbocycles. The minimum Gasteiger partial charge on any atom is -0.481 e. The summed E-state index contributed by atoms with van der Waals surface area (Å²) in [6.07, 6.45) is 0.268. The number of alkyl halides is 2. The fourth-order valence-electron chi connectivity index (χ4n) is 3.18. The molecule has 2 saturated heterocycles. The number of piperidine rings is 1. The molecule has 1 unspecified atom stereocenters. The Morgan fingerprint density at radius 2 is 2.04 bits per heavy atom. The van der Waals surface area contributed by atoms with Crippen molar-refractivity contribution < 1.29 is 18.3 Å². The molecule has 23 heavy (non-hydrogen) atoms. The van der Waals surface area contributed by atoms with Crippen LogP contribution in [0.1, 0.15) is 19.3 Å². The van der Waals surface area contributed by atoms with E-state index in [4.69, 9.17) is 4.74 Å². The molecule has 1 atom stereocenters. The molecule has 2 aliphatic rings. The van der Waals surface area contributed by atoms with Crippen molar-refractivity contribution in [1.82, 2.24) is 9.88 Å². The van der Waals surface area contributed by atoms with Gasteiger partial charge in [-0.2, -0.15) is 4.98 Å². The lowest BCUT2D eigenvalue weighted by molar-refractivity contribution is -0.140. The van der Waals surface area contributed by atoms with Gasteiger partial charge in [0.2, 0.25) is 11.8 Å². The molecular weight excluding hydrogens is 304 g/mol. The first-order valence-electron chi connectivity index (χ1n) is 7.91. The molecule has 0 radical (unpaired) electrons. The van der Waals surface area contributed by atoms with Crippen molar-refractivity contribution in [3.63, 3.8) is 0 Å². The van der Waals surface area contributed by atoms with Gasteiger partial charge in [-0.15, -0.1) is 0 Å². The average Bonchev–Trinajstić information content (AvgIpc) is 3.04. The first-order chi connectivity index (χ1) is 11.0. The third kappa shape index (κ3) is 3.54. The molecule has 0 aliphatic carbocycles. The maximum Gasteiger partial charge on any atom is 0.251 e. The fraction of sp³-hybridized carbons (Fsp3) is 0.625. The maximum absolute atomic E-state index is 13.2. The highest BCUT2D eigenvalue weighted by Crippen LogP contribution is 2.30. The Balaban J connectivity index is 1.60. The minimum absolute atomic E-state index is 0.00843. The van der Waals surface area contributed by atoms with Crippen LogP contribution in [0.5, 0.6) is 5.88 Å². The summed E-state index contributed by atoms with van der Waals surface area (Å²) in [6.45, 7) is 1.62. The zero-order chi connectivity index (χ0) is 16.4. The number of carbonyl (C=O) groups is 1. The number of carbonyl (C=O) groups excluding carboxylic acids is 1. The number of rotatable bonds is 3. The number of halogens is 2. The van der Waals surface area contributed by atoms with E-state index in [1.165, 1.54) is 0 Å². The lowest BCUT2D eigenvalue weighted by Gasteiger charge is -2.33. The van der Waals surface area contributed by atoms with Crippen LogP contribution in [0.3, 0.4) is 0 Å². The predicted molar refractivity (Wildman–Crippen MR) is 81.9 cm³/mol. The Hall–Kier alpha value is -1.92. The first kappa shape index (κ1) is 16.0. The number of anilines is 1. The minimum atomic E-state index is -2.62. The van der Waals surface area contributed by atoms with E-state index in [1.807, 2.05) is 17.0 Å². The van der Waals surface area contributed by atoms with Crippen LogP contribution in [-0.4, -0.2) is 55.0 Å². The van der Waals surface area contributed by atoms with Gasteiger partial charge in [-0.3, -0.25) is 4.79 Å². The number of ether oxygens (including phenoxy) is 1. The summed E-state index contributed by atoms with van der Waals surface area (Å²) in [4.78, 5) is 20.5. The number of nitrogens with zero attached hydrogens (tertiary/aromatic N) is 3. The molecular formula is C16H21F2N3O2. The summed E-state index contributed by atoms with van der Waals surface area (Å²) in [5, 5.41) is 0. The van der Waals surface area contributed by atoms with Crippen LogP contribution in [-0.2, 0) is 4.79 Å². The SMILES string of the molecule is COc1cccc(N2CCC(C(=O)N3CCC(F)(F)CC3)C2)n1. The molecule has 7 heteroatoms. The monoisotopic (exact) mass is 325 g/mol. The smallest absolute Gasteiger partial charge is 0.251 e. The van der Waals surface area contributed by atoms with Crippen LogP contribution in [0, 0.1) is 5.92 Å². The zero-order valence-electron chi connectivity index (χ0n) is 13.2. The molecule has 1 aromatic heterocycles. The van der Waals surface area contributed by atoms with Crippen molar-refractivity contribution in [3.05, 3.63) is 18.2 Å². The fourth-order valence-corrected chi connectivity index (χ4v) is 3.18. The highest BCUT2D eigenvalue weighted by molar-refractivity contribution is 5.80. The van der Waals surface area contributed by atoms with Crippen molar-refractivity contribution in [2.45, 2.75) is 25.2 Å². The average molecular weight is 325 g/mol. The number of likely N-dealkylation sites (tertiary alicyclic amines) is 1. The van der Waals surface area contributed by atoms with Gasteiger partial charge in [0, 0.05) is 45.1 Å². The molecule has 0 saturated carbocycles. The lowest BCUT2D eigenvalue weighted by atomic mass is 10.0. The van der Waals surface area contributed by atoms with Gasteiger partial charge in [0.05, 0.1) is 13.0 Å². The molecule has 0 bridgehead atoms. The summed E-state index contributed by atoms with van der Waals surface area (Å²) in [5.41, 5.74) is 0. The van der Waals surface area contributed by atoms with Gasteiger partial charge < -0.3 is 14.5 Å². The highest BCUT2D eigenvalue weighted by Gasteiger charge is 2.38. The molecule has 0 spiro atoms. The van der Waals surface area contributed by atoms with E-state index in [0.717, 1.165) is 18.8 Å². The van der Waals surface area contributed by atoms with Gasteiger partial charge in [-0.05, 0) is 12.5 Å². The molecule has 1 amide bonds. The topological polar surface area (TPSA) is 45.7 Å². The van der Waals surface area contributed by atoms with Crippen LogP contribution in [0.15, 0.2) is 18.2 Å². The maximum atomic E-state index is 13.2. The van der Waals surface area contributed by atoms with E-state index in [0.29, 0.717) is 12.4 Å². The van der Waals surface area contributed by atoms with E-state index in [-0.39, 0.29) is 37.8 Å². The number of aromatic nitrogens is 1. The van der Waals surface area contributed by atoms with E-state index >= 15 is 0 Å².